The van der Waals surface area contributed by atoms with Crippen LogP contribution in [0.1, 0.15) is 20.8 Å². The SMILES string of the molecule is CC(=O)OC[C@H]1O[C@H](Sc2cc(Br)cnc2Br)[C@H](OC(C)=O)[C@@H](N=[N+]=[N-])[C@H]1OC(C)=O. The monoisotopic (exact) mass is 580 g/mol. The van der Waals surface area contributed by atoms with Crippen LogP contribution in [0.25, 0.3) is 10.4 Å². The van der Waals surface area contributed by atoms with Crippen LogP contribution < -0.4 is 0 Å². The molecule has 1 aliphatic rings. The van der Waals surface area contributed by atoms with Crippen molar-refractivity contribution in [2.75, 3.05) is 6.61 Å². The van der Waals surface area contributed by atoms with E-state index in [0.717, 1.165) is 11.8 Å². The third kappa shape index (κ3) is 7.35. The van der Waals surface area contributed by atoms with Crippen LogP contribution in [0.4, 0.5) is 0 Å². The van der Waals surface area contributed by atoms with Gasteiger partial charge in [-0.15, -0.1) is 0 Å². The van der Waals surface area contributed by atoms with Crippen LogP contribution in [-0.2, 0) is 33.3 Å². The summed E-state index contributed by atoms with van der Waals surface area (Å²) in [5.41, 5.74) is 8.20. The summed E-state index contributed by atoms with van der Waals surface area (Å²) in [7, 11) is 0. The molecule has 0 aromatic carbocycles. The predicted octanol–water partition coefficient (Wildman–Crippen LogP) is 3.53. The molecule has 2 rings (SSSR count). The molecule has 2 heterocycles. The van der Waals surface area contributed by atoms with E-state index < -0.39 is 47.7 Å². The summed E-state index contributed by atoms with van der Waals surface area (Å²) < 4.78 is 23.0. The van der Waals surface area contributed by atoms with Gasteiger partial charge in [0.2, 0.25) is 0 Å². The third-order valence-electron chi connectivity index (χ3n) is 3.87. The molecule has 0 unspecified atom stereocenters. The van der Waals surface area contributed by atoms with Crippen molar-refractivity contribution in [3.05, 3.63) is 31.8 Å². The highest BCUT2D eigenvalue weighted by Gasteiger charge is 2.50. The summed E-state index contributed by atoms with van der Waals surface area (Å²) in [5, 5.41) is 3.72. The van der Waals surface area contributed by atoms with Crippen molar-refractivity contribution in [1.82, 2.24) is 4.98 Å². The first kappa shape index (κ1) is 25.4. The second-order valence-electron chi connectivity index (χ2n) is 6.25. The summed E-state index contributed by atoms with van der Waals surface area (Å²) in [4.78, 5) is 42.4. The molecule has 1 saturated heterocycles. The first-order chi connectivity index (χ1) is 14.6. The maximum absolute atomic E-state index is 11.8. The summed E-state index contributed by atoms with van der Waals surface area (Å²) >= 11 is 7.83. The number of hydrogen-bond donors (Lipinski definition) is 0. The topological polar surface area (TPSA) is 150 Å². The standard InChI is InChI=1S/C17H18Br2N4O7S/c1-7(24)27-6-11-14(28-8(2)25)13(22-23-20)15(29-9(3)26)17(30-11)31-12-4-10(18)5-21-16(12)19/h4-5,11,13-15,17H,6H2,1-3H3/t11-,13+,14+,15-,17-/m1/s1. The summed E-state index contributed by atoms with van der Waals surface area (Å²) in [6.07, 6.45) is -1.66. The Morgan fingerprint density at radius 1 is 1.19 bits per heavy atom. The lowest BCUT2D eigenvalue weighted by Crippen LogP contribution is -2.59. The van der Waals surface area contributed by atoms with Crippen molar-refractivity contribution in [3.8, 4) is 0 Å². The van der Waals surface area contributed by atoms with Gasteiger partial charge < -0.3 is 18.9 Å². The molecule has 31 heavy (non-hydrogen) atoms. The molecular weight excluding hydrogens is 564 g/mol. The Kier molecular flexibility index (Phi) is 9.56. The van der Waals surface area contributed by atoms with E-state index in [1.807, 2.05) is 0 Å². The van der Waals surface area contributed by atoms with E-state index in [1.165, 1.54) is 20.8 Å². The Balaban J connectivity index is 2.47. The number of esters is 3. The van der Waals surface area contributed by atoms with Crippen molar-refractivity contribution in [3.63, 3.8) is 0 Å². The lowest BCUT2D eigenvalue weighted by molar-refractivity contribution is -0.201. The van der Waals surface area contributed by atoms with Gasteiger partial charge in [0.25, 0.3) is 0 Å². The van der Waals surface area contributed by atoms with Gasteiger partial charge in [0, 0.05) is 41.2 Å². The van der Waals surface area contributed by atoms with Crippen LogP contribution in [0.5, 0.6) is 0 Å². The highest BCUT2D eigenvalue weighted by molar-refractivity contribution is 9.11. The number of carbonyl (C=O) groups excluding carboxylic acids is 3. The van der Waals surface area contributed by atoms with E-state index in [-0.39, 0.29) is 6.61 Å². The molecule has 0 bridgehead atoms. The van der Waals surface area contributed by atoms with Crippen LogP contribution in [0.3, 0.4) is 0 Å². The first-order valence-electron chi connectivity index (χ1n) is 8.77. The van der Waals surface area contributed by atoms with Crippen LogP contribution in [-0.4, -0.2) is 59.3 Å². The average molecular weight is 582 g/mol. The molecule has 1 aliphatic heterocycles. The smallest absolute Gasteiger partial charge is 0.303 e. The number of pyridine rings is 1. The van der Waals surface area contributed by atoms with E-state index in [4.69, 9.17) is 24.5 Å². The molecule has 0 amide bonds. The number of thioether (sulfide) groups is 1. The number of aromatic nitrogens is 1. The maximum atomic E-state index is 11.8. The zero-order valence-electron chi connectivity index (χ0n) is 16.6. The molecule has 0 saturated carbocycles. The minimum Gasteiger partial charge on any atom is -0.463 e. The van der Waals surface area contributed by atoms with Gasteiger partial charge in [0.1, 0.15) is 41.0 Å². The average Bonchev–Trinajstić information content (AvgIpc) is 2.67. The van der Waals surface area contributed by atoms with Crippen molar-refractivity contribution in [2.45, 2.75) is 55.5 Å². The zero-order valence-corrected chi connectivity index (χ0v) is 20.5. The quantitative estimate of drug-likeness (QED) is 0.118. The largest absolute Gasteiger partial charge is 0.463 e. The van der Waals surface area contributed by atoms with Gasteiger partial charge in [-0.05, 0) is 43.5 Å². The number of carbonyl (C=O) groups is 3. The van der Waals surface area contributed by atoms with Crippen molar-refractivity contribution in [2.24, 2.45) is 5.11 Å². The Morgan fingerprint density at radius 3 is 2.42 bits per heavy atom. The fourth-order valence-corrected chi connectivity index (χ4v) is 4.90. The van der Waals surface area contributed by atoms with E-state index in [9.17, 15) is 14.4 Å². The van der Waals surface area contributed by atoms with Crippen LogP contribution in [0.2, 0.25) is 0 Å². The summed E-state index contributed by atoms with van der Waals surface area (Å²) in [6.45, 7) is 3.30. The van der Waals surface area contributed by atoms with Crippen LogP contribution >= 0.6 is 43.6 Å². The van der Waals surface area contributed by atoms with Crippen molar-refractivity contribution in [1.29, 1.82) is 0 Å². The minimum atomic E-state index is -1.15. The highest BCUT2D eigenvalue weighted by atomic mass is 79.9. The maximum Gasteiger partial charge on any atom is 0.303 e. The molecule has 14 heteroatoms. The van der Waals surface area contributed by atoms with E-state index in [1.54, 1.807) is 12.3 Å². The van der Waals surface area contributed by atoms with Gasteiger partial charge in [0.05, 0.1) is 0 Å². The van der Waals surface area contributed by atoms with Crippen LogP contribution in [0.15, 0.2) is 31.3 Å². The Morgan fingerprint density at radius 2 is 1.84 bits per heavy atom. The number of halogens is 2. The van der Waals surface area contributed by atoms with Crippen LogP contribution in [0, 0.1) is 0 Å². The number of azide groups is 1. The number of ether oxygens (including phenoxy) is 4. The molecule has 0 aliphatic carbocycles. The number of nitrogens with zero attached hydrogens (tertiary/aromatic N) is 4. The first-order valence-corrected chi connectivity index (χ1v) is 11.2. The fourth-order valence-electron chi connectivity index (χ4n) is 2.78. The molecular formula is C17H18Br2N4O7S. The molecule has 1 aromatic heterocycles. The second kappa shape index (κ2) is 11.7. The zero-order chi connectivity index (χ0) is 23.1. The molecule has 1 fully saturated rings. The van der Waals surface area contributed by atoms with Gasteiger partial charge in [0.15, 0.2) is 0 Å². The van der Waals surface area contributed by atoms with Gasteiger partial charge >= 0.3 is 17.9 Å². The summed E-state index contributed by atoms with van der Waals surface area (Å²) in [6, 6.07) is 0.626. The molecule has 5 atom stereocenters. The van der Waals surface area contributed by atoms with Gasteiger partial charge in [-0.1, -0.05) is 16.9 Å². The highest BCUT2D eigenvalue weighted by Crippen LogP contribution is 2.40. The fraction of sp³-hybridized carbons (Fsp3) is 0.529. The van der Waals surface area contributed by atoms with Crippen molar-refractivity contribution < 1.29 is 33.3 Å². The summed E-state index contributed by atoms with van der Waals surface area (Å²) in [5.74, 6) is -1.90. The van der Waals surface area contributed by atoms with E-state index in [0.29, 0.717) is 14.0 Å². The Bertz CT molecular complexity index is 899. The molecule has 0 N–H and O–H groups in total. The lowest BCUT2D eigenvalue weighted by Gasteiger charge is -2.43. The second-order valence-corrected chi connectivity index (χ2v) is 9.06. The van der Waals surface area contributed by atoms with Gasteiger partial charge in [-0.3, -0.25) is 14.4 Å². The Hall–Kier alpha value is -1.86. The molecule has 1 aromatic rings. The van der Waals surface area contributed by atoms with E-state index >= 15 is 0 Å². The van der Waals surface area contributed by atoms with Gasteiger partial charge in [-0.2, -0.15) is 0 Å². The number of rotatable bonds is 7. The molecule has 0 radical (unpaired) electrons. The minimum absolute atomic E-state index is 0.271. The molecule has 11 nitrogen and oxygen atoms in total. The van der Waals surface area contributed by atoms with Crippen molar-refractivity contribution >= 4 is 61.5 Å². The van der Waals surface area contributed by atoms with Gasteiger partial charge in [-0.25, -0.2) is 4.98 Å². The number of hydrogen-bond acceptors (Lipinski definition) is 10. The normalized spacial score (nSPS) is 25.1. The lowest BCUT2D eigenvalue weighted by atomic mass is 9.97. The third-order valence-corrected chi connectivity index (χ3v) is 6.38. The predicted molar refractivity (Wildman–Crippen MR) is 115 cm³/mol. The Labute approximate surface area is 198 Å². The molecule has 0 spiro atoms. The molecule has 168 valence electrons. The van der Waals surface area contributed by atoms with E-state index in [2.05, 4.69) is 46.9 Å².